The molecule has 0 amide bonds. The largest absolute Gasteiger partial charge is 0.0616 e. The first-order valence-electron chi connectivity index (χ1n) is 6.44. The zero-order chi connectivity index (χ0) is 10.5. The van der Waals surface area contributed by atoms with Crippen molar-refractivity contribution in [3.63, 3.8) is 0 Å². The summed E-state index contributed by atoms with van der Waals surface area (Å²) in [5.41, 5.74) is 3.34. The van der Waals surface area contributed by atoms with Crippen LogP contribution in [0.1, 0.15) is 48.6 Å². The van der Waals surface area contributed by atoms with Crippen LogP contribution in [0.15, 0.2) is 36.4 Å². The van der Waals surface area contributed by atoms with Gasteiger partial charge in [0.15, 0.2) is 0 Å². The molecule has 0 aliphatic heterocycles. The average Bonchev–Trinajstić information content (AvgIpc) is 2.59. The third kappa shape index (κ3) is 1.10. The number of hydrogen-bond donors (Lipinski definition) is 0. The van der Waals surface area contributed by atoms with Gasteiger partial charge in [0, 0.05) is 0 Å². The molecule has 0 heteroatoms. The highest BCUT2D eigenvalue weighted by Gasteiger charge is 2.33. The van der Waals surface area contributed by atoms with Gasteiger partial charge in [-0.3, -0.25) is 0 Å². The van der Waals surface area contributed by atoms with Crippen molar-refractivity contribution < 1.29 is 0 Å². The van der Waals surface area contributed by atoms with Gasteiger partial charge in [-0.15, -0.1) is 0 Å². The Morgan fingerprint density at radius 1 is 0.812 bits per heavy atom. The van der Waals surface area contributed by atoms with E-state index in [-0.39, 0.29) is 0 Å². The second kappa shape index (κ2) is 3.10. The lowest BCUT2D eigenvalue weighted by Gasteiger charge is -2.18. The van der Waals surface area contributed by atoms with Crippen LogP contribution in [0.4, 0.5) is 0 Å². The van der Waals surface area contributed by atoms with Crippen molar-refractivity contribution in [2.45, 2.75) is 37.5 Å². The molecule has 2 atom stereocenters. The van der Waals surface area contributed by atoms with Gasteiger partial charge in [0.2, 0.25) is 0 Å². The molecule has 0 heterocycles. The molecule has 1 saturated carbocycles. The first-order valence-corrected chi connectivity index (χ1v) is 6.44. The van der Waals surface area contributed by atoms with E-state index in [9.17, 15) is 0 Å². The van der Waals surface area contributed by atoms with Crippen LogP contribution >= 0.6 is 0 Å². The van der Waals surface area contributed by atoms with Gasteiger partial charge in [-0.1, -0.05) is 42.8 Å². The molecule has 16 heavy (non-hydrogen) atoms. The number of benzene rings is 2. The van der Waals surface area contributed by atoms with Crippen LogP contribution < -0.4 is 0 Å². The number of rotatable bonds is 0. The Morgan fingerprint density at radius 2 is 1.38 bits per heavy atom. The van der Waals surface area contributed by atoms with E-state index in [0.717, 1.165) is 11.8 Å². The predicted octanol–water partition coefficient (Wildman–Crippen LogP) is 4.59. The maximum atomic E-state index is 2.46. The van der Waals surface area contributed by atoms with Crippen LogP contribution in [0.5, 0.6) is 0 Å². The van der Waals surface area contributed by atoms with Crippen molar-refractivity contribution in [3.05, 3.63) is 47.5 Å². The van der Waals surface area contributed by atoms with Crippen LogP contribution in [-0.4, -0.2) is 0 Å². The fourth-order valence-electron chi connectivity index (χ4n) is 3.74. The lowest BCUT2D eigenvalue weighted by Crippen LogP contribution is -2.01. The van der Waals surface area contributed by atoms with Gasteiger partial charge in [-0.25, -0.2) is 0 Å². The second-order valence-corrected chi connectivity index (χ2v) is 5.39. The summed E-state index contributed by atoms with van der Waals surface area (Å²) in [6.45, 7) is 0. The van der Waals surface area contributed by atoms with Crippen LogP contribution in [0.2, 0.25) is 0 Å². The number of hydrogen-bond acceptors (Lipinski definition) is 0. The molecule has 0 saturated heterocycles. The highest BCUT2D eigenvalue weighted by Crippen LogP contribution is 2.51. The lowest BCUT2D eigenvalue weighted by molar-refractivity contribution is 0.435. The summed E-state index contributed by atoms with van der Waals surface area (Å²) in [6, 6.07) is 13.7. The summed E-state index contributed by atoms with van der Waals surface area (Å²) in [7, 11) is 0. The molecule has 2 aromatic carbocycles. The molecule has 4 rings (SSSR count). The molecule has 2 aromatic rings. The fraction of sp³-hybridized carbons (Fsp3) is 0.375. The summed E-state index contributed by atoms with van der Waals surface area (Å²) in [5, 5.41) is 2.85. The highest BCUT2D eigenvalue weighted by molar-refractivity contribution is 5.84. The Bertz CT molecular complexity index is 504. The molecule has 2 bridgehead atoms. The van der Waals surface area contributed by atoms with Crippen molar-refractivity contribution >= 4 is 10.8 Å². The zero-order valence-electron chi connectivity index (χ0n) is 9.45. The lowest BCUT2D eigenvalue weighted by atomic mass is 9.87. The Morgan fingerprint density at radius 3 is 1.94 bits per heavy atom. The first-order chi connectivity index (χ1) is 7.92. The number of fused-ring (bicyclic) bond motifs is 6. The average molecular weight is 208 g/mol. The minimum absolute atomic E-state index is 0.873. The maximum absolute atomic E-state index is 2.46. The summed E-state index contributed by atoms with van der Waals surface area (Å²) in [4.78, 5) is 0. The molecule has 2 aliphatic rings. The van der Waals surface area contributed by atoms with E-state index < -0.39 is 0 Å². The van der Waals surface area contributed by atoms with E-state index in [1.54, 1.807) is 11.1 Å². The molecule has 0 radical (unpaired) electrons. The minimum Gasteiger partial charge on any atom is -0.0616 e. The smallest absolute Gasteiger partial charge is 0.0153 e. The van der Waals surface area contributed by atoms with Crippen molar-refractivity contribution in [2.75, 3.05) is 0 Å². The van der Waals surface area contributed by atoms with Crippen LogP contribution in [0.25, 0.3) is 10.8 Å². The van der Waals surface area contributed by atoms with Crippen LogP contribution in [0, 0.1) is 0 Å². The Hall–Kier alpha value is -1.30. The van der Waals surface area contributed by atoms with Gasteiger partial charge in [0.25, 0.3) is 0 Å². The first kappa shape index (κ1) is 8.81. The highest BCUT2D eigenvalue weighted by atomic mass is 14.4. The molecular formula is C16H16. The minimum atomic E-state index is 0.873. The van der Waals surface area contributed by atoms with E-state index in [0.29, 0.717) is 0 Å². The fourth-order valence-corrected chi connectivity index (χ4v) is 3.74. The van der Waals surface area contributed by atoms with Crippen molar-refractivity contribution in [1.82, 2.24) is 0 Å². The third-order valence-corrected chi connectivity index (χ3v) is 4.51. The van der Waals surface area contributed by atoms with Crippen molar-refractivity contribution in [1.29, 1.82) is 0 Å². The van der Waals surface area contributed by atoms with Gasteiger partial charge in [0.05, 0.1) is 0 Å². The van der Waals surface area contributed by atoms with Gasteiger partial charge >= 0.3 is 0 Å². The van der Waals surface area contributed by atoms with Crippen molar-refractivity contribution in [2.24, 2.45) is 0 Å². The van der Waals surface area contributed by atoms with E-state index >= 15 is 0 Å². The predicted molar refractivity (Wildman–Crippen MR) is 67.9 cm³/mol. The van der Waals surface area contributed by atoms with E-state index in [1.165, 1.54) is 36.5 Å². The van der Waals surface area contributed by atoms with Crippen molar-refractivity contribution in [3.8, 4) is 0 Å². The quantitative estimate of drug-likeness (QED) is 0.593. The summed E-state index contributed by atoms with van der Waals surface area (Å²) in [6.07, 6.45) is 5.69. The monoisotopic (exact) mass is 208 g/mol. The van der Waals surface area contributed by atoms with Gasteiger partial charge < -0.3 is 0 Å². The second-order valence-electron chi connectivity index (χ2n) is 5.39. The molecule has 2 aliphatic carbocycles. The molecule has 80 valence electrons. The standard InChI is InChI=1S/C16H16/c1-2-5-12-10-16-14-7-3-6-13(8-14)15(16)9-11(12)4-1/h1-2,4-5,9-10,13-14H,3,6-8H2. The Labute approximate surface area is 96.3 Å². The summed E-state index contributed by atoms with van der Waals surface area (Å²) >= 11 is 0. The summed E-state index contributed by atoms with van der Waals surface area (Å²) in [5.74, 6) is 1.75. The van der Waals surface area contributed by atoms with E-state index in [4.69, 9.17) is 0 Å². The molecule has 0 spiro atoms. The SMILES string of the molecule is c1ccc2cc3c(cc2c1)C1CCCC3C1. The zero-order valence-corrected chi connectivity index (χ0v) is 9.45. The van der Waals surface area contributed by atoms with E-state index in [2.05, 4.69) is 36.4 Å². The summed E-state index contributed by atoms with van der Waals surface area (Å²) < 4.78 is 0. The molecule has 0 N–H and O–H groups in total. The molecule has 2 unspecified atom stereocenters. The molecule has 0 nitrogen and oxygen atoms in total. The Balaban J connectivity index is 2.01. The maximum Gasteiger partial charge on any atom is -0.0153 e. The molecule has 1 fully saturated rings. The Kier molecular flexibility index (Phi) is 1.71. The van der Waals surface area contributed by atoms with Gasteiger partial charge in [-0.05, 0) is 53.0 Å². The van der Waals surface area contributed by atoms with Gasteiger partial charge in [0.1, 0.15) is 0 Å². The van der Waals surface area contributed by atoms with Crippen LogP contribution in [0.3, 0.4) is 0 Å². The topological polar surface area (TPSA) is 0 Å². The van der Waals surface area contributed by atoms with E-state index in [1.807, 2.05) is 0 Å². The third-order valence-electron chi connectivity index (χ3n) is 4.51. The molecular weight excluding hydrogens is 192 g/mol. The normalized spacial score (nSPS) is 27.0. The van der Waals surface area contributed by atoms with Crippen LogP contribution in [-0.2, 0) is 0 Å². The van der Waals surface area contributed by atoms with Gasteiger partial charge in [-0.2, -0.15) is 0 Å². The molecule has 0 aromatic heterocycles.